The number of aromatic nitrogens is 4. The van der Waals surface area contributed by atoms with E-state index in [0.717, 1.165) is 27.4 Å². The van der Waals surface area contributed by atoms with Crippen LogP contribution < -0.4 is 0 Å². The van der Waals surface area contributed by atoms with Crippen LogP contribution in [0.25, 0.3) is 28.2 Å². The summed E-state index contributed by atoms with van der Waals surface area (Å²) in [5, 5.41) is 9.25. The van der Waals surface area contributed by atoms with Gasteiger partial charge in [-0.2, -0.15) is 0 Å². The van der Waals surface area contributed by atoms with Crippen LogP contribution >= 0.6 is 11.8 Å². The molecule has 0 aliphatic heterocycles. The predicted octanol–water partition coefficient (Wildman–Crippen LogP) is 5.37. The van der Waals surface area contributed by atoms with Crippen LogP contribution in [0, 0.1) is 0 Å². The number of fused-ring (bicyclic) bond motifs is 1. The maximum absolute atomic E-state index is 5.83. The van der Waals surface area contributed by atoms with Crippen LogP contribution in [-0.2, 0) is 5.75 Å². The van der Waals surface area contributed by atoms with Crippen LogP contribution in [0.2, 0.25) is 0 Å². The lowest BCUT2D eigenvalue weighted by molar-refractivity contribution is 0.528. The highest BCUT2D eigenvalue weighted by atomic mass is 32.2. The summed E-state index contributed by atoms with van der Waals surface area (Å²) in [7, 11) is 0. The Balaban J connectivity index is 1.45. The van der Waals surface area contributed by atoms with E-state index in [-0.39, 0.29) is 0 Å². The Hall–Kier alpha value is -3.38. The molecule has 6 heteroatoms. The molecule has 0 atom stereocenters. The van der Waals surface area contributed by atoms with Gasteiger partial charge in [0, 0.05) is 11.3 Å². The first kappa shape index (κ1) is 16.8. The van der Waals surface area contributed by atoms with Gasteiger partial charge < -0.3 is 4.42 Å². The third-order valence-corrected chi connectivity index (χ3v) is 5.28. The van der Waals surface area contributed by atoms with Gasteiger partial charge in [-0.05, 0) is 36.4 Å². The minimum Gasteiger partial charge on any atom is -0.420 e. The topological polar surface area (TPSA) is 56.7 Å². The molecule has 0 aliphatic carbocycles. The summed E-state index contributed by atoms with van der Waals surface area (Å²) >= 11 is 1.58. The number of nitrogens with zero attached hydrogens (tertiary/aromatic N) is 4. The minimum absolute atomic E-state index is 0.535. The molecule has 5 nitrogen and oxygen atoms in total. The molecule has 0 aliphatic rings. The zero-order valence-corrected chi connectivity index (χ0v) is 15.7. The number of para-hydroxylation sites is 3. The normalized spacial score (nSPS) is 11.1. The molecule has 0 saturated carbocycles. The van der Waals surface area contributed by atoms with Crippen LogP contribution in [0.15, 0.2) is 94.5 Å². The molecular formula is C22H16N4OS. The second-order valence-corrected chi connectivity index (χ2v) is 7.15. The van der Waals surface area contributed by atoms with Crippen LogP contribution in [0.3, 0.4) is 0 Å². The Bertz CT molecular complexity index is 1220. The van der Waals surface area contributed by atoms with E-state index in [2.05, 4.69) is 33.0 Å². The van der Waals surface area contributed by atoms with Gasteiger partial charge in [-0.3, -0.25) is 4.57 Å². The van der Waals surface area contributed by atoms with Gasteiger partial charge >= 0.3 is 0 Å². The van der Waals surface area contributed by atoms with Gasteiger partial charge in [-0.1, -0.05) is 60.3 Å². The first-order valence-electron chi connectivity index (χ1n) is 8.92. The molecule has 0 spiro atoms. The van der Waals surface area contributed by atoms with Gasteiger partial charge in [0.25, 0.3) is 0 Å². The van der Waals surface area contributed by atoms with Gasteiger partial charge in [0.05, 0.1) is 16.8 Å². The third kappa shape index (κ3) is 3.18. The predicted molar refractivity (Wildman–Crippen MR) is 110 cm³/mol. The maximum Gasteiger partial charge on any atom is 0.247 e. The summed E-state index contributed by atoms with van der Waals surface area (Å²) in [6.07, 6.45) is 0. The zero-order chi connectivity index (χ0) is 18.8. The van der Waals surface area contributed by atoms with Gasteiger partial charge in [-0.25, -0.2) is 4.98 Å². The van der Waals surface area contributed by atoms with Crippen LogP contribution in [0.1, 0.15) is 5.89 Å². The zero-order valence-electron chi connectivity index (χ0n) is 14.9. The molecule has 2 aromatic heterocycles. The van der Waals surface area contributed by atoms with Crippen molar-refractivity contribution in [3.63, 3.8) is 0 Å². The highest BCUT2D eigenvalue weighted by Gasteiger charge is 2.15. The Morgan fingerprint density at radius 3 is 2.32 bits per heavy atom. The van der Waals surface area contributed by atoms with E-state index in [9.17, 15) is 0 Å². The smallest absolute Gasteiger partial charge is 0.247 e. The van der Waals surface area contributed by atoms with Crippen molar-refractivity contribution in [2.24, 2.45) is 0 Å². The monoisotopic (exact) mass is 384 g/mol. The average Bonchev–Trinajstić information content (AvgIpc) is 3.38. The van der Waals surface area contributed by atoms with E-state index >= 15 is 0 Å². The van der Waals surface area contributed by atoms with Crippen molar-refractivity contribution in [1.29, 1.82) is 0 Å². The second-order valence-electron chi connectivity index (χ2n) is 6.21. The summed E-state index contributed by atoms with van der Waals surface area (Å²) < 4.78 is 7.99. The number of benzene rings is 3. The average molecular weight is 384 g/mol. The first-order valence-corrected chi connectivity index (χ1v) is 9.90. The fourth-order valence-electron chi connectivity index (χ4n) is 3.06. The first-order chi connectivity index (χ1) is 13.9. The van der Waals surface area contributed by atoms with Crippen LogP contribution in [0.4, 0.5) is 0 Å². The standard InChI is InChI=1S/C22H16N4OS/c1-3-9-16(10-4-1)21-25-24-20(27-21)15-28-22-23-18-13-7-8-14-19(18)26(22)17-11-5-2-6-12-17/h1-14H,15H2. The lowest BCUT2D eigenvalue weighted by Gasteiger charge is -2.08. The van der Waals surface area contributed by atoms with E-state index < -0.39 is 0 Å². The molecule has 0 bridgehead atoms. The molecule has 136 valence electrons. The Morgan fingerprint density at radius 1 is 0.786 bits per heavy atom. The summed E-state index contributed by atoms with van der Waals surface area (Å²) in [6, 6.07) is 28.2. The molecule has 2 heterocycles. The molecule has 0 fully saturated rings. The SMILES string of the molecule is c1ccc(-c2nnc(CSc3nc4ccccc4n3-c3ccccc3)o2)cc1. The quantitative estimate of drug-likeness (QED) is 0.381. The van der Waals surface area contributed by atoms with Crippen molar-refractivity contribution in [3.05, 3.63) is 90.8 Å². The summed E-state index contributed by atoms with van der Waals surface area (Å²) in [5.41, 5.74) is 4.04. The lowest BCUT2D eigenvalue weighted by Crippen LogP contribution is -1.96. The highest BCUT2D eigenvalue weighted by molar-refractivity contribution is 7.98. The summed E-state index contributed by atoms with van der Waals surface area (Å²) in [6.45, 7) is 0. The Kier molecular flexibility index (Phi) is 4.39. The van der Waals surface area contributed by atoms with E-state index in [1.807, 2.05) is 66.7 Å². The van der Waals surface area contributed by atoms with E-state index in [0.29, 0.717) is 17.5 Å². The van der Waals surface area contributed by atoms with Crippen molar-refractivity contribution in [2.45, 2.75) is 10.9 Å². The number of rotatable bonds is 5. The third-order valence-electron chi connectivity index (χ3n) is 4.36. The molecule has 3 aromatic carbocycles. The van der Waals surface area contributed by atoms with Crippen molar-refractivity contribution in [2.75, 3.05) is 0 Å². The van der Waals surface area contributed by atoms with E-state index in [1.165, 1.54) is 0 Å². The minimum atomic E-state index is 0.535. The summed E-state index contributed by atoms with van der Waals surface area (Å²) in [5.74, 6) is 1.67. The molecule has 0 amide bonds. The van der Waals surface area contributed by atoms with Gasteiger partial charge in [0.1, 0.15) is 0 Å². The van der Waals surface area contributed by atoms with Crippen LogP contribution in [0.5, 0.6) is 0 Å². The molecule has 0 radical (unpaired) electrons. The number of imidazole rings is 1. The van der Waals surface area contributed by atoms with E-state index in [4.69, 9.17) is 9.40 Å². The fraction of sp³-hybridized carbons (Fsp3) is 0.0455. The Labute approximate surface area is 166 Å². The van der Waals surface area contributed by atoms with Crippen molar-refractivity contribution in [3.8, 4) is 17.1 Å². The van der Waals surface area contributed by atoms with Gasteiger partial charge in [0.15, 0.2) is 5.16 Å². The summed E-state index contributed by atoms with van der Waals surface area (Å²) in [4.78, 5) is 4.81. The molecule has 28 heavy (non-hydrogen) atoms. The highest BCUT2D eigenvalue weighted by Crippen LogP contribution is 2.30. The maximum atomic E-state index is 5.83. The van der Waals surface area contributed by atoms with E-state index in [1.54, 1.807) is 11.8 Å². The molecule has 5 rings (SSSR count). The van der Waals surface area contributed by atoms with Crippen molar-refractivity contribution in [1.82, 2.24) is 19.7 Å². The molecule has 0 unspecified atom stereocenters. The molecule has 0 N–H and O–H groups in total. The second kappa shape index (κ2) is 7.32. The van der Waals surface area contributed by atoms with Gasteiger partial charge in [-0.15, -0.1) is 10.2 Å². The molecule has 0 saturated heterocycles. The van der Waals surface area contributed by atoms with Crippen LogP contribution in [-0.4, -0.2) is 19.7 Å². The molecule has 5 aromatic rings. The largest absolute Gasteiger partial charge is 0.420 e. The number of thioether (sulfide) groups is 1. The lowest BCUT2D eigenvalue weighted by atomic mass is 10.2. The Morgan fingerprint density at radius 2 is 1.50 bits per heavy atom. The van der Waals surface area contributed by atoms with Gasteiger partial charge in [0.2, 0.25) is 11.8 Å². The van der Waals surface area contributed by atoms with Crippen molar-refractivity contribution >= 4 is 22.8 Å². The molecular weight excluding hydrogens is 368 g/mol. The number of hydrogen-bond acceptors (Lipinski definition) is 5. The number of hydrogen-bond donors (Lipinski definition) is 0. The van der Waals surface area contributed by atoms with Crippen molar-refractivity contribution < 1.29 is 4.42 Å². The fourth-order valence-corrected chi connectivity index (χ4v) is 3.93.